The smallest absolute Gasteiger partial charge is 0.315 e. The molecule has 30 heteroatoms. The maximum Gasteiger partial charge on any atom is 0.315 e. The van der Waals surface area contributed by atoms with Crippen molar-refractivity contribution in [3.05, 3.63) is 11.6 Å². The molecule has 0 spiro atoms. The Labute approximate surface area is 519 Å². The third kappa shape index (κ3) is 11.7. The van der Waals surface area contributed by atoms with Crippen LogP contribution in [0.15, 0.2) is 11.6 Å². The van der Waals surface area contributed by atoms with Gasteiger partial charge in [-0.2, -0.15) is 0 Å². The van der Waals surface area contributed by atoms with Gasteiger partial charge in [-0.25, -0.2) is 0 Å². The summed E-state index contributed by atoms with van der Waals surface area (Å²) in [7, 11) is 0. The molecule has 10 aliphatic rings. The van der Waals surface area contributed by atoms with Crippen LogP contribution in [-0.4, -0.2) is 297 Å². The average Bonchev–Trinajstić information content (AvgIpc) is 0.676. The number of carbonyl (C=O) groups excluding carboxylic acids is 1. The third-order valence-electron chi connectivity index (χ3n) is 23.6. The Morgan fingerprint density at radius 3 is 1.47 bits per heavy atom. The van der Waals surface area contributed by atoms with Gasteiger partial charge < -0.3 is 139 Å². The van der Waals surface area contributed by atoms with Crippen LogP contribution in [0.25, 0.3) is 0 Å². The Balaban J connectivity index is 0.902. The van der Waals surface area contributed by atoms with Crippen molar-refractivity contribution in [1.82, 2.24) is 0 Å². The predicted octanol–water partition coefficient (Wildman–Crippen LogP) is -5.15. The molecule has 5 saturated heterocycles. The van der Waals surface area contributed by atoms with Crippen molar-refractivity contribution in [3.63, 3.8) is 0 Å². The summed E-state index contributed by atoms with van der Waals surface area (Å²) in [5, 5.41) is 193. The quantitative estimate of drug-likeness (QED) is 0.0390. The number of carboxylic acids is 1. The summed E-state index contributed by atoms with van der Waals surface area (Å²) in [5.41, 5.74) is -3.64. The second kappa shape index (κ2) is 26.2. The first-order valence-corrected chi connectivity index (χ1v) is 31.5. The molecule has 18 N–H and O–H groups in total. The molecule has 5 aliphatic heterocycles. The van der Waals surface area contributed by atoms with Gasteiger partial charge in [-0.15, -0.1) is 0 Å². The van der Waals surface area contributed by atoms with E-state index in [9.17, 15) is 96.7 Å². The molecule has 0 radical (unpaired) electrons. The van der Waals surface area contributed by atoms with Crippen LogP contribution < -0.4 is 0 Å². The number of carbonyl (C=O) groups is 2. The fourth-order valence-electron chi connectivity index (χ4n) is 17.7. The van der Waals surface area contributed by atoms with Gasteiger partial charge in [0.1, 0.15) is 122 Å². The first-order valence-electron chi connectivity index (χ1n) is 31.5. The van der Waals surface area contributed by atoms with Crippen LogP contribution in [0.4, 0.5) is 0 Å². The van der Waals surface area contributed by atoms with Crippen LogP contribution in [0.2, 0.25) is 0 Å². The van der Waals surface area contributed by atoms with E-state index in [1.165, 1.54) is 0 Å². The van der Waals surface area contributed by atoms with E-state index in [1.807, 2.05) is 0 Å². The van der Waals surface area contributed by atoms with E-state index >= 15 is 4.79 Å². The number of esters is 1. The number of aliphatic hydroxyl groups is 17. The number of carboxylic acid groups (broad SMARTS) is 1. The van der Waals surface area contributed by atoms with Crippen LogP contribution in [-0.2, 0) is 57.0 Å². The number of hydrogen-bond donors (Lipinski definition) is 18. The molecular weight excluding hydrogens is 1200 g/mol. The van der Waals surface area contributed by atoms with Crippen LogP contribution in [0, 0.1) is 50.2 Å². The van der Waals surface area contributed by atoms with Crippen LogP contribution in [0.1, 0.15) is 106 Å². The highest BCUT2D eigenvalue weighted by Crippen LogP contribution is 2.76. The van der Waals surface area contributed by atoms with Gasteiger partial charge in [0.2, 0.25) is 6.29 Å². The lowest BCUT2D eigenvalue weighted by atomic mass is 9.33. The Kier molecular flexibility index (Phi) is 20.5. The second-order valence-corrected chi connectivity index (χ2v) is 28.9. The lowest BCUT2D eigenvalue weighted by Crippen LogP contribution is -2.68. The highest BCUT2D eigenvalue weighted by Gasteiger charge is 2.72. The van der Waals surface area contributed by atoms with Gasteiger partial charge in [-0.3, -0.25) is 9.59 Å². The lowest BCUT2D eigenvalue weighted by molar-refractivity contribution is -0.364. The SMILES string of the molecule is CC1(C)CC[C@]2(C(=O)O[C@@H]3O[C@H](CO[C@@H]4O[C@H](CO[C@H]5O[C@H](CO)[C@H](O)[C@H](O)[C@H]5O)[C@@H](O)[C@H](O)[C@H]4O)[C@@H](O)[C@H](O[C@@H]4O[C@H](CO)[C@@H](O)[C@H](O)[C@H]4O)[C@H]3O)CC[C@]3(C)C(=CC[C@@H]4[C@@]5(C)CC[C@H](O[C@@H]6O[C@H](CO)[C@@H](O)[C@H](O)[C@H]6O)[C@@](C)(C(=O)O)[C@@H]5CC[C@]43C)[C@@H]2C1. The van der Waals surface area contributed by atoms with E-state index in [0.717, 1.165) is 5.57 Å². The molecule has 10 rings (SSSR count). The van der Waals surface area contributed by atoms with E-state index in [2.05, 4.69) is 40.7 Å². The first kappa shape index (κ1) is 70.4. The van der Waals surface area contributed by atoms with Crippen LogP contribution >= 0.6 is 0 Å². The Hall–Kier alpha value is -2.36. The second-order valence-electron chi connectivity index (χ2n) is 28.9. The van der Waals surface area contributed by atoms with Crippen molar-refractivity contribution in [3.8, 4) is 0 Å². The molecule has 4 saturated carbocycles. The molecule has 516 valence electrons. The molecule has 5 aliphatic carbocycles. The number of hydrogen-bond acceptors (Lipinski definition) is 29. The molecule has 34 atom stereocenters. The van der Waals surface area contributed by atoms with Gasteiger partial charge in [-0.1, -0.05) is 46.3 Å². The topological polar surface area (TPSA) is 491 Å². The normalized spacial score (nSPS) is 53.6. The zero-order valence-electron chi connectivity index (χ0n) is 51.4. The van der Waals surface area contributed by atoms with E-state index in [-0.39, 0.29) is 17.8 Å². The summed E-state index contributed by atoms with van der Waals surface area (Å²) >= 11 is 0. The molecule has 0 aromatic heterocycles. The van der Waals surface area contributed by atoms with Gasteiger partial charge in [0.15, 0.2) is 25.2 Å². The van der Waals surface area contributed by atoms with Gasteiger partial charge in [0.25, 0.3) is 0 Å². The van der Waals surface area contributed by atoms with Crippen molar-refractivity contribution in [2.75, 3.05) is 33.0 Å². The number of allylic oxidation sites excluding steroid dienone is 2. The summed E-state index contributed by atoms with van der Waals surface area (Å²) in [6, 6.07) is 0. The lowest BCUT2D eigenvalue weighted by Gasteiger charge is -2.71. The molecule has 30 nitrogen and oxygen atoms in total. The molecule has 0 bridgehead atoms. The number of fused-ring (bicyclic) bond motifs is 7. The summed E-state index contributed by atoms with van der Waals surface area (Å²) in [5.74, 6) is -2.86. The van der Waals surface area contributed by atoms with Crippen LogP contribution in [0.3, 0.4) is 0 Å². The van der Waals surface area contributed by atoms with E-state index in [1.54, 1.807) is 6.92 Å². The standard InChI is InChI=1S/C60H96O30/c1-55(2)13-15-60(16-14-57(4)23(24(60)17-55)7-8-30-56(3)11-10-32(59(6,53(78)79)31(56)9-12-58(30,57)5)88-50-44(75)39(70)34(65)26(19-62)84-50)54(80)90-52-46(77)47(89-51-45(76)40(71)35(66)27(20-63)85-51)37(68)29(87-52)22-82-49-43(74)41(72)36(67)28(86-49)21-81-48-42(73)38(69)33(64)25(18-61)83-48/h7,24-52,61-77H,8-22H2,1-6H3,(H,78,79)/t24-,25+,26+,27+,28+,29+,30+,31+,32-,33-,34+,35+,36+,37+,38-,39-,40-,41-,42+,43+,44+,45+,46+,47-,48-,49+,50-,51-,52-,56+,57+,58+,59-,60-/m0/s1. The predicted molar refractivity (Wildman–Crippen MR) is 297 cm³/mol. The molecular formula is C60H96O30. The third-order valence-corrected chi connectivity index (χ3v) is 23.6. The minimum atomic E-state index is -2.10. The zero-order chi connectivity index (χ0) is 65.9. The molecule has 0 unspecified atom stereocenters. The molecule has 9 fully saturated rings. The highest BCUT2D eigenvalue weighted by atomic mass is 16.8. The molecule has 0 aromatic carbocycles. The minimum Gasteiger partial charge on any atom is -0.481 e. The zero-order valence-corrected chi connectivity index (χ0v) is 51.4. The maximum absolute atomic E-state index is 15.6. The van der Waals surface area contributed by atoms with Crippen molar-refractivity contribution >= 4 is 11.9 Å². The van der Waals surface area contributed by atoms with E-state index < -0.39 is 244 Å². The Bertz CT molecular complexity index is 2540. The molecule has 0 aromatic rings. The fraction of sp³-hybridized carbons (Fsp3) is 0.933. The van der Waals surface area contributed by atoms with Crippen molar-refractivity contribution < 1.29 is 149 Å². The summed E-state index contributed by atoms with van der Waals surface area (Å²) in [4.78, 5) is 29.4. The molecule has 90 heavy (non-hydrogen) atoms. The summed E-state index contributed by atoms with van der Waals surface area (Å²) < 4.78 is 58.7. The van der Waals surface area contributed by atoms with E-state index in [4.69, 9.17) is 47.4 Å². The maximum atomic E-state index is 15.6. The van der Waals surface area contributed by atoms with Crippen molar-refractivity contribution in [1.29, 1.82) is 0 Å². The van der Waals surface area contributed by atoms with Crippen molar-refractivity contribution in [2.45, 2.75) is 265 Å². The highest BCUT2D eigenvalue weighted by molar-refractivity contribution is 5.79. The summed E-state index contributed by atoms with van der Waals surface area (Å²) in [6.07, 6.45) is -39.0. The van der Waals surface area contributed by atoms with Gasteiger partial charge in [0.05, 0.1) is 50.0 Å². The number of aliphatic hydroxyl groups excluding tert-OH is 17. The first-order chi connectivity index (χ1) is 42.2. The Morgan fingerprint density at radius 1 is 0.489 bits per heavy atom. The largest absolute Gasteiger partial charge is 0.481 e. The number of rotatable bonds is 16. The number of aliphatic carboxylic acids is 1. The van der Waals surface area contributed by atoms with Gasteiger partial charge in [0, 0.05) is 0 Å². The minimum absolute atomic E-state index is 0.0818. The summed E-state index contributed by atoms with van der Waals surface area (Å²) in [6.45, 7) is 8.63. The number of ether oxygens (including phenoxy) is 10. The van der Waals surface area contributed by atoms with Crippen LogP contribution in [0.5, 0.6) is 0 Å². The fourth-order valence-corrected chi connectivity index (χ4v) is 17.7. The van der Waals surface area contributed by atoms with Gasteiger partial charge in [-0.05, 0) is 111 Å². The molecule has 0 amide bonds. The molecule has 5 heterocycles. The average molecular weight is 1300 g/mol. The van der Waals surface area contributed by atoms with Crippen molar-refractivity contribution in [2.24, 2.45) is 50.2 Å². The Morgan fingerprint density at radius 2 is 0.944 bits per heavy atom. The van der Waals surface area contributed by atoms with E-state index in [0.29, 0.717) is 57.8 Å². The monoisotopic (exact) mass is 1300 g/mol. The van der Waals surface area contributed by atoms with Gasteiger partial charge >= 0.3 is 11.9 Å².